The predicted molar refractivity (Wildman–Crippen MR) is 105 cm³/mol. The summed E-state index contributed by atoms with van der Waals surface area (Å²) in [6.45, 7) is 14.3. The molecule has 26 heavy (non-hydrogen) atoms. The van der Waals surface area contributed by atoms with Gasteiger partial charge in [-0.3, -0.25) is 9.80 Å². The van der Waals surface area contributed by atoms with Gasteiger partial charge in [0.1, 0.15) is 6.07 Å². The molecule has 0 aliphatic carbocycles. The highest BCUT2D eigenvalue weighted by Gasteiger charge is 2.21. The first-order chi connectivity index (χ1) is 12.7. The minimum absolute atomic E-state index is 0.146. The molecule has 1 aliphatic rings. The Labute approximate surface area is 156 Å². The van der Waals surface area contributed by atoms with E-state index >= 15 is 0 Å². The van der Waals surface area contributed by atoms with Crippen molar-refractivity contribution in [3.05, 3.63) is 55.1 Å². The van der Waals surface area contributed by atoms with Gasteiger partial charge in [0.2, 0.25) is 0 Å². The molecule has 1 heterocycles. The number of anilines is 1. The Bertz CT molecular complexity index is 648. The molecule has 2 amide bonds. The summed E-state index contributed by atoms with van der Waals surface area (Å²) in [5.74, 6) is 0. The van der Waals surface area contributed by atoms with Gasteiger partial charge in [-0.2, -0.15) is 5.26 Å². The third-order valence-electron chi connectivity index (χ3n) is 4.46. The maximum Gasteiger partial charge on any atom is 0.321 e. The number of hydrogen-bond acceptors (Lipinski definition) is 4. The van der Waals surface area contributed by atoms with Crippen molar-refractivity contribution in [3.8, 4) is 6.07 Å². The van der Waals surface area contributed by atoms with E-state index in [0.29, 0.717) is 24.3 Å². The van der Waals surface area contributed by atoms with E-state index in [2.05, 4.69) is 34.3 Å². The molecule has 0 bridgehead atoms. The van der Waals surface area contributed by atoms with Gasteiger partial charge in [0.15, 0.2) is 0 Å². The fourth-order valence-electron chi connectivity index (χ4n) is 2.96. The molecule has 0 saturated carbocycles. The van der Waals surface area contributed by atoms with Crippen molar-refractivity contribution in [2.45, 2.75) is 0 Å². The van der Waals surface area contributed by atoms with Crippen LogP contribution >= 0.6 is 0 Å². The lowest BCUT2D eigenvalue weighted by atomic mass is 10.2. The summed E-state index contributed by atoms with van der Waals surface area (Å²) in [4.78, 5) is 18.9. The number of carbonyl (C=O) groups is 1. The summed E-state index contributed by atoms with van der Waals surface area (Å²) in [7, 11) is 0. The number of amides is 2. The zero-order valence-corrected chi connectivity index (χ0v) is 15.2. The van der Waals surface area contributed by atoms with Crippen molar-refractivity contribution in [1.82, 2.24) is 14.7 Å². The first-order valence-corrected chi connectivity index (χ1v) is 8.89. The van der Waals surface area contributed by atoms with E-state index in [4.69, 9.17) is 5.26 Å². The third-order valence-corrected chi connectivity index (χ3v) is 4.46. The van der Waals surface area contributed by atoms with Crippen LogP contribution in [0, 0.1) is 11.3 Å². The summed E-state index contributed by atoms with van der Waals surface area (Å²) < 4.78 is 0. The molecule has 6 nitrogen and oxygen atoms in total. The molecule has 1 saturated heterocycles. The van der Waals surface area contributed by atoms with E-state index in [1.807, 2.05) is 18.2 Å². The number of piperazine rings is 1. The molecule has 1 fully saturated rings. The predicted octanol–water partition coefficient (Wildman–Crippen LogP) is 2.38. The molecule has 0 radical (unpaired) electrons. The van der Waals surface area contributed by atoms with Gasteiger partial charge in [0.05, 0.1) is 11.3 Å². The van der Waals surface area contributed by atoms with Gasteiger partial charge in [-0.1, -0.05) is 24.3 Å². The first kappa shape index (κ1) is 19.7. The number of nitrogens with zero attached hydrogens (tertiary/aromatic N) is 4. The Balaban J connectivity index is 1.78. The molecule has 0 spiro atoms. The Hall–Kier alpha value is -2.62. The van der Waals surface area contributed by atoms with Gasteiger partial charge < -0.3 is 10.2 Å². The molecule has 1 aromatic rings. The number of nitriles is 1. The topological polar surface area (TPSA) is 62.6 Å². The molecule has 0 atom stereocenters. The highest BCUT2D eigenvalue weighted by Crippen LogP contribution is 2.15. The van der Waals surface area contributed by atoms with Gasteiger partial charge in [0.25, 0.3) is 0 Å². The first-order valence-electron chi connectivity index (χ1n) is 8.89. The Kier molecular flexibility index (Phi) is 7.87. The van der Waals surface area contributed by atoms with E-state index in [1.165, 1.54) is 0 Å². The third kappa shape index (κ3) is 5.73. The molecular formula is C20H27N5O. The van der Waals surface area contributed by atoms with E-state index < -0.39 is 0 Å². The van der Waals surface area contributed by atoms with E-state index in [1.54, 1.807) is 23.1 Å². The van der Waals surface area contributed by atoms with Crippen LogP contribution in [0.25, 0.3) is 0 Å². The molecule has 6 heteroatoms. The lowest BCUT2D eigenvalue weighted by Gasteiger charge is -2.35. The summed E-state index contributed by atoms with van der Waals surface area (Å²) in [6.07, 6.45) is 3.82. The molecule has 1 aliphatic heterocycles. The Morgan fingerprint density at radius 1 is 1.19 bits per heavy atom. The summed E-state index contributed by atoms with van der Waals surface area (Å²) in [5.41, 5.74) is 1.04. The van der Waals surface area contributed by atoms with Crippen LogP contribution in [0.4, 0.5) is 10.5 Å². The molecule has 138 valence electrons. The van der Waals surface area contributed by atoms with Crippen molar-refractivity contribution >= 4 is 11.7 Å². The number of benzene rings is 1. The van der Waals surface area contributed by atoms with Crippen molar-refractivity contribution in [2.75, 3.05) is 57.7 Å². The highest BCUT2D eigenvalue weighted by molar-refractivity contribution is 5.90. The van der Waals surface area contributed by atoms with Crippen molar-refractivity contribution in [1.29, 1.82) is 5.26 Å². The number of para-hydroxylation sites is 1. The average Bonchev–Trinajstić information content (AvgIpc) is 2.67. The van der Waals surface area contributed by atoms with Gasteiger partial charge in [-0.05, 0) is 12.1 Å². The molecule has 1 N–H and O–H groups in total. The number of nitrogens with one attached hydrogen (secondary N) is 1. The van der Waals surface area contributed by atoms with E-state index in [0.717, 1.165) is 39.3 Å². The second-order valence-electron chi connectivity index (χ2n) is 6.25. The fraction of sp³-hybridized carbons (Fsp3) is 0.400. The van der Waals surface area contributed by atoms with Gasteiger partial charge in [-0.25, -0.2) is 4.79 Å². The minimum Gasteiger partial charge on any atom is -0.322 e. The summed E-state index contributed by atoms with van der Waals surface area (Å²) in [5, 5.41) is 12.0. The molecule has 2 rings (SSSR count). The number of urea groups is 1. The maximum atomic E-state index is 12.4. The lowest BCUT2D eigenvalue weighted by Crippen LogP contribution is -2.51. The van der Waals surface area contributed by atoms with Crippen LogP contribution in [0.5, 0.6) is 0 Å². The van der Waals surface area contributed by atoms with Crippen molar-refractivity contribution < 1.29 is 4.79 Å². The number of hydrogen-bond donors (Lipinski definition) is 1. The second-order valence-corrected chi connectivity index (χ2v) is 6.25. The standard InChI is InChI=1S/C20H27N5O/c1-3-9-23(10-4-2)11-12-24-13-15-25(16-14-24)20(26)22-19-8-6-5-7-18(19)17-21/h3-8H,1-2,9-16H2,(H,22,26). The smallest absolute Gasteiger partial charge is 0.321 e. The highest BCUT2D eigenvalue weighted by atomic mass is 16.2. The van der Waals surface area contributed by atoms with Gasteiger partial charge >= 0.3 is 6.03 Å². The van der Waals surface area contributed by atoms with Crippen LogP contribution in [-0.4, -0.2) is 73.1 Å². The number of rotatable bonds is 8. The maximum absolute atomic E-state index is 12.4. The summed E-state index contributed by atoms with van der Waals surface area (Å²) in [6, 6.07) is 9.00. The van der Waals surface area contributed by atoms with Crippen LogP contribution in [0.1, 0.15) is 5.56 Å². The largest absolute Gasteiger partial charge is 0.322 e. The van der Waals surface area contributed by atoms with Gasteiger partial charge in [0, 0.05) is 52.4 Å². The zero-order valence-electron chi connectivity index (χ0n) is 15.2. The molecule has 0 unspecified atom stereocenters. The van der Waals surface area contributed by atoms with E-state index in [9.17, 15) is 4.79 Å². The van der Waals surface area contributed by atoms with E-state index in [-0.39, 0.29) is 6.03 Å². The SMILES string of the molecule is C=CCN(CC=C)CCN1CCN(C(=O)Nc2ccccc2C#N)CC1. The molecule has 1 aromatic carbocycles. The van der Waals surface area contributed by atoms with Crippen LogP contribution in [0.3, 0.4) is 0 Å². The average molecular weight is 353 g/mol. The number of carbonyl (C=O) groups excluding carboxylic acids is 1. The van der Waals surface area contributed by atoms with Gasteiger partial charge in [-0.15, -0.1) is 13.2 Å². The fourth-order valence-corrected chi connectivity index (χ4v) is 2.96. The minimum atomic E-state index is -0.146. The van der Waals surface area contributed by atoms with Crippen LogP contribution < -0.4 is 5.32 Å². The van der Waals surface area contributed by atoms with Crippen molar-refractivity contribution in [3.63, 3.8) is 0 Å². The Morgan fingerprint density at radius 2 is 1.85 bits per heavy atom. The lowest BCUT2D eigenvalue weighted by molar-refractivity contribution is 0.137. The van der Waals surface area contributed by atoms with Crippen LogP contribution in [0.15, 0.2) is 49.6 Å². The summed E-state index contributed by atoms with van der Waals surface area (Å²) >= 11 is 0. The zero-order chi connectivity index (χ0) is 18.8. The van der Waals surface area contributed by atoms with Crippen LogP contribution in [0.2, 0.25) is 0 Å². The molecule has 0 aromatic heterocycles. The van der Waals surface area contributed by atoms with Crippen molar-refractivity contribution in [2.24, 2.45) is 0 Å². The molecular weight excluding hydrogens is 326 g/mol. The second kappa shape index (κ2) is 10.4. The quantitative estimate of drug-likeness (QED) is 0.729. The monoisotopic (exact) mass is 353 g/mol. The van der Waals surface area contributed by atoms with Crippen LogP contribution in [-0.2, 0) is 0 Å². The Morgan fingerprint density at radius 3 is 2.46 bits per heavy atom. The normalized spacial score (nSPS) is 14.7.